The summed E-state index contributed by atoms with van der Waals surface area (Å²) in [7, 11) is 0. The molecule has 0 fully saturated rings. The number of hydrogen-bond donors (Lipinski definition) is 1. The molecule has 0 aliphatic heterocycles. The van der Waals surface area contributed by atoms with Crippen molar-refractivity contribution in [3.63, 3.8) is 0 Å². The molecule has 0 aromatic carbocycles. The minimum Gasteiger partial charge on any atom is -0.350 e. The molecule has 3 nitrogen and oxygen atoms in total. The molecule has 2 rings (SSSR count). The quantitative estimate of drug-likeness (QED) is 0.854. The molecular weight excluding hydrogens is 210 g/mol. The smallest absolute Gasteiger partial charge is 0.0485 e. The Labute approximate surface area is 102 Å². The summed E-state index contributed by atoms with van der Waals surface area (Å²) in [4.78, 5) is 4.12. The summed E-state index contributed by atoms with van der Waals surface area (Å²) in [6.07, 6.45) is 9.94. The highest BCUT2D eigenvalue weighted by Gasteiger charge is 2.03. The van der Waals surface area contributed by atoms with Gasteiger partial charge in [-0.2, -0.15) is 0 Å². The van der Waals surface area contributed by atoms with Crippen molar-refractivity contribution >= 4 is 0 Å². The van der Waals surface area contributed by atoms with E-state index < -0.39 is 0 Å². The Bertz CT molecular complexity index is 448. The fraction of sp³-hybridized carbons (Fsp3) is 0.357. The van der Waals surface area contributed by atoms with Crippen LogP contribution in [-0.2, 0) is 13.0 Å². The summed E-state index contributed by atoms with van der Waals surface area (Å²) >= 11 is 0. The van der Waals surface area contributed by atoms with Gasteiger partial charge in [0.15, 0.2) is 0 Å². The van der Waals surface area contributed by atoms with Gasteiger partial charge in [0.1, 0.15) is 0 Å². The van der Waals surface area contributed by atoms with Gasteiger partial charge in [-0.1, -0.05) is 13.0 Å². The van der Waals surface area contributed by atoms with E-state index in [4.69, 9.17) is 5.73 Å². The Hall–Kier alpha value is -1.61. The van der Waals surface area contributed by atoms with Crippen LogP contribution in [0.1, 0.15) is 24.5 Å². The van der Waals surface area contributed by atoms with Crippen molar-refractivity contribution in [3.05, 3.63) is 54.1 Å². The molecule has 0 saturated heterocycles. The third-order valence-electron chi connectivity index (χ3n) is 2.92. The Morgan fingerprint density at radius 1 is 1.35 bits per heavy atom. The molecule has 0 aliphatic carbocycles. The van der Waals surface area contributed by atoms with E-state index in [1.807, 2.05) is 12.3 Å². The van der Waals surface area contributed by atoms with Crippen molar-refractivity contribution in [1.82, 2.24) is 9.55 Å². The maximum absolute atomic E-state index is 5.95. The Morgan fingerprint density at radius 3 is 2.94 bits per heavy atom. The Morgan fingerprint density at radius 2 is 2.24 bits per heavy atom. The molecule has 1 unspecified atom stereocenters. The third-order valence-corrected chi connectivity index (χ3v) is 2.92. The average molecular weight is 229 g/mol. The molecule has 2 N–H and O–H groups in total. The molecule has 3 heteroatoms. The van der Waals surface area contributed by atoms with Crippen molar-refractivity contribution < 1.29 is 0 Å². The molecule has 1 atom stereocenters. The van der Waals surface area contributed by atoms with Gasteiger partial charge in [0.2, 0.25) is 0 Å². The highest BCUT2D eigenvalue weighted by atomic mass is 14.9. The van der Waals surface area contributed by atoms with E-state index >= 15 is 0 Å². The van der Waals surface area contributed by atoms with Crippen LogP contribution >= 0.6 is 0 Å². The van der Waals surface area contributed by atoms with E-state index in [1.165, 1.54) is 11.1 Å². The van der Waals surface area contributed by atoms with Crippen molar-refractivity contribution in [2.75, 3.05) is 0 Å². The zero-order valence-corrected chi connectivity index (χ0v) is 10.2. The zero-order chi connectivity index (χ0) is 12.1. The molecule has 90 valence electrons. The molecule has 2 aromatic heterocycles. The number of nitrogens with two attached hydrogens (primary N) is 1. The fourth-order valence-corrected chi connectivity index (χ4v) is 1.86. The molecule has 17 heavy (non-hydrogen) atoms. The van der Waals surface area contributed by atoms with Crippen LogP contribution in [0.15, 0.2) is 43.0 Å². The highest BCUT2D eigenvalue weighted by Crippen LogP contribution is 2.08. The number of pyridine rings is 1. The van der Waals surface area contributed by atoms with E-state index in [0.29, 0.717) is 0 Å². The molecule has 2 heterocycles. The lowest BCUT2D eigenvalue weighted by atomic mass is 10.1. The van der Waals surface area contributed by atoms with E-state index in [0.717, 1.165) is 19.4 Å². The first-order valence-corrected chi connectivity index (χ1v) is 6.07. The van der Waals surface area contributed by atoms with Gasteiger partial charge in [0.25, 0.3) is 0 Å². The van der Waals surface area contributed by atoms with Crippen LogP contribution in [0, 0.1) is 0 Å². The second-order valence-corrected chi connectivity index (χ2v) is 4.43. The van der Waals surface area contributed by atoms with Crippen LogP contribution in [0.3, 0.4) is 0 Å². The predicted octanol–water partition coefficient (Wildman–Crippen LogP) is 2.21. The van der Waals surface area contributed by atoms with Gasteiger partial charge in [0.05, 0.1) is 0 Å². The van der Waals surface area contributed by atoms with E-state index in [9.17, 15) is 0 Å². The molecule has 0 aliphatic rings. The Balaban J connectivity index is 1.99. The van der Waals surface area contributed by atoms with Gasteiger partial charge in [-0.15, -0.1) is 0 Å². The third kappa shape index (κ3) is 3.43. The van der Waals surface area contributed by atoms with Crippen molar-refractivity contribution in [2.45, 2.75) is 32.4 Å². The minimum atomic E-state index is 0.268. The largest absolute Gasteiger partial charge is 0.350 e. The maximum atomic E-state index is 5.95. The molecule has 0 saturated carbocycles. The number of hydrogen-bond acceptors (Lipinski definition) is 2. The van der Waals surface area contributed by atoms with Gasteiger partial charge in [-0.3, -0.25) is 4.98 Å². The monoisotopic (exact) mass is 229 g/mol. The topological polar surface area (TPSA) is 43.8 Å². The van der Waals surface area contributed by atoms with Gasteiger partial charge in [-0.05, 0) is 36.1 Å². The molecule has 0 amide bonds. The second kappa shape index (κ2) is 5.64. The Kier molecular flexibility index (Phi) is 3.94. The molecule has 0 radical (unpaired) electrons. The molecule has 0 bridgehead atoms. The summed E-state index contributed by atoms with van der Waals surface area (Å²) in [6.45, 7) is 2.99. The van der Waals surface area contributed by atoms with Gasteiger partial charge in [-0.25, -0.2) is 0 Å². The highest BCUT2D eigenvalue weighted by molar-refractivity contribution is 5.15. The molecule has 2 aromatic rings. The van der Waals surface area contributed by atoms with Crippen LogP contribution in [0.2, 0.25) is 0 Å². The second-order valence-electron chi connectivity index (χ2n) is 4.43. The van der Waals surface area contributed by atoms with Crippen molar-refractivity contribution in [1.29, 1.82) is 0 Å². The molecule has 0 spiro atoms. The standard InChI is InChI=1S/C14H19N3/c1-2-14(15)8-12-5-7-17(10-12)11-13-4-3-6-16-9-13/h3-7,9-10,14H,2,8,11,15H2,1H3. The van der Waals surface area contributed by atoms with Crippen molar-refractivity contribution in [2.24, 2.45) is 5.73 Å². The van der Waals surface area contributed by atoms with Crippen LogP contribution < -0.4 is 5.73 Å². The van der Waals surface area contributed by atoms with Crippen LogP contribution in [-0.4, -0.2) is 15.6 Å². The number of aromatic nitrogens is 2. The SMILES string of the molecule is CCC(N)Cc1ccn(Cc2cccnc2)c1. The zero-order valence-electron chi connectivity index (χ0n) is 10.2. The normalized spacial score (nSPS) is 12.6. The first kappa shape index (κ1) is 11.9. The summed E-state index contributed by atoms with van der Waals surface area (Å²) in [5.74, 6) is 0. The lowest BCUT2D eigenvalue weighted by molar-refractivity contribution is 0.645. The number of rotatable bonds is 5. The van der Waals surface area contributed by atoms with Crippen molar-refractivity contribution in [3.8, 4) is 0 Å². The van der Waals surface area contributed by atoms with Gasteiger partial charge < -0.3 is 10.3 Å². The average Bonchev–Trinajstić information content (AvgIpc) is 2.77. The molecular formula is C14H19N3. The van der Waals surface area contributed by atoms with E-state index in [-0.39, 0.29) is 6.04 Å². The van der Waals surface area contributed by atoms with E-state index in [1.54, 1.807) is 6.20 Å². The lowest BCUT2D eigenvalue weighted by Gasteiger charge is -2.06. The summed E-state index contributed by atoms with van der Waals surface area (Å²) < 4.78 is 2.18. The predicted molar refractivity (Wildman–Crippen MR) is 69.7 cm³/mol. The fourth-order valence-electron chi connectivity index (χ4n) is 1.86. The number of nitrogens with zero attached hydrogens (tertiary/aromatic N) is 2. The van der Waals surface area contributed by atoms with Crippen LogP contribution in [0.5, 0.6) is 0 Å². The lowest BCUT2D eigenvalue weighted by Crippen LogP contribution is -2.21. The summed E-state index contributed by atoms with van der Waals surface area (Å²) in [5, 5.41) is 0. The maximum Gasteiger partial charge on any atom is 0.0485 e. The summed E-state index contributed by atoms with van der Waals surface area (Å²) in [6, 6.07) is 6.47. The van der Waals surface area contributed by atoms with Crippen LogP contribution in [0.4, 0.5) is 0 Å². The van der Waals surface area contributed by atoms with E-state index in [2.05, 4.69) is 41.0 Å². The minimum absolute atomic E-state index is 0.268. The first-order chi connectivity index (χ1) is 8.28. The van der Waals surface area contributed by atoms with Gasteiger partial charge in [0, 0.05) is 37.4 Å². The van der Waals surface area contributed by atoms with Gasteiger partial charge >= 0.3 is 0 Å². The first-order valence-electron chi connectivity index (χ1n) is 6.07. The summed E-state index contributed by atoms with van der Waals surface area (Å²) in [5.41, 5.74) is 8.47. The van der Waals surface area contributed by atoms with Crippen LogP contribution in [0.25, 0.3) is 0 Å².